The number of aromatic nitrogens is 3. The molecule has 2 heterocycles. The van der Waals surface area contributed by atoms with Crippen LogP contribution in [0, 0.1) is 13.8 Å². The van der Waals surface area contributed by atoms with E-state index in [-0.39, 0.29) is 18.6 Å². The molecule has 0 spiro atoms. The highest BCUT2D eigenvalue weighted by Gasteiger charge is 2.09. The van der Waals surface area contributed by atoms with Gasteiger partial charge in [0.05, 0.1) is 5.69 Å². The van der Waals surface area contributed by atoms with Crippen molar-refractivity contribution in [2.75, 3.05) is 0 Å². The quantitative estimate of drug-likeness (QED) is 0.745. The molecule has 2 amide bonds. The zero-order chi connectivity index (χ0) is 16.1. The molecule has 2 aromatic rings. The van der Waals surface area contributed by atoms with Crippen LogP contribution in [0.3, 0.4) is 0 Å². The monoisotopic (exact) mass is 303 g/mol. The number of nitrogens with one attached hydrogen (secondary N) is 2. The minimum absolute atomic E-state index is 0.00520. The van der Waals surface area contributed by atoms with Crippen molar-refractivity contribution in [3.05, 3.63) is 52.2 Å². The number of hydrazine groups is 1. The normalized spacial score (nSPS) is 10.3. The van der Waals surface area contributed by atoms with Crippen LogP contribution < -0.4 is 16.4 Å². The first-order valence-corrected chi connectivity index (χ1v) is 6.70. The van der Waals surface area contributed by atoms with Gasteiger partial charge in [0, 0.05) is 18.0 Å². The van der Waals surface area contributed by atoms with Crippen molar-refractivity contribution >= 4 is 11.8 Å². The second kappa shape index (κ2) is 6.70. The molecule has 8 nitrogen and oxygen atoms in total. The number of hydrogen-bond acceptors (Lipinski definition) is 4. The summed E-state index contributed by atoms with van der Waals surface area (Å²) in [7, 11) is 0. The lowest BCUT2D eigenvalue weighted by atomic mass is 10.4. The first kappa shape index (κ1) is 15.5. The van der Waals surface area contributed by atoms with Crippen LogP contribution >= 0.6 is 0 Å². The van der Waals surface area contributed by atoms with Crippen molar-refractivity contribution in [3.8, 4) is 0 Å². The maximum atomic E-state index is 11.7. The van der Waals surface area contributed by atoms with E-state index in [0.717, 1.165) is 11.4 Å². The highest BCUT2D eigenvalue weighted by Crippen LogP contribution is 2.00. The van der Waals surface area contributed by atoms with E-state index in [9.17, 15) is 14.4 Å². The summed E-state index contributed by atoms with van der Waals surface area (Å²) in [5, 5.41) is 4.15. The minimum atomic E-state index is -0.491. The summed E-state index contributed by atoms with van der Waals surface area (Å²) in [6, 6.07) is 6.45. The molecule has 0 aliphatic carbocycles. The van der Waals surface area contributed by atoms with Gasteiger partial charge in [0.25, 0.3) is 17.4 Å². The smallest absolute Gasteiger partial charge is 0.260 e. The van der Waals surface area contributed by atoms with Crippen LogP contribution in [0.5, 0.6) is 0 Å². The van der Waals surface area contributed by atoms with E-state index in [1.807, 2.05) is 19.9 Å². The second-order valence-corrected chi connectivity index (χ2v) is 4.85. The third kappa shape index (κ3) is 4.05. The molecule has 0 saturated heterocycles. The lowest BCUT2D eigenvalue weighted by molar-refractivity contribution is -0.129. The Hall–Kier alpha value is -2.90. The van der Waals surface area contributed by atoms with Crippen LogP contribution in [-0.2, 0) is 22.7 Å². The van der Waals surface area contributed by atoms with Crippen LogP contribution in [-0.4, -0.2) is 26.2 Å². The zero-order valence-electron chi connectivity index (χ0n) is 12.4. The molecule has 22 heavy (non-hydrogen) atoms. The van der Waals surface area contributed by atoms with E-state index >= 15 is 0 Å². The minimum Gasteiger partial charge on any atom is -0.306 e. The summed E-state index contributed by atoms with van der Waals surface area (Å²) in [4.78, 5) is 34.9. The Labute approximate surface area is 126 Å². The number of amides is 2. The van der Waals surface area contributed by atoms with Crippen LogP contribution in [0.25, 0.3) is 0 Å². The molecule has 0 saturated carbocycles. The molecule has 0 unspecified atom stereocenters. The number of pyridine rings is 1. The van der Waals surface area contributed by atoms with Crippen molar-refractivity contribution in [2.45, 2.75) is 26.9 Å². The van der Waals surface area contributed by atoms with Crippen LogP contribution in [0.4, 0.5) is 0 Å². The highest BCUT2D eigenvalue weighted by atomic mass is 16.2. The lowest BCUT2D eigenvalue weighted by Crippen LogP contribution is -2.45. The van der Waals surface area contributed by atoms with Crippen LogP contribution in [0.1, 0.15) is 11.4 Å². The van der Waals surface area contributed by atoms with E-state index in [4.69, 9.17) is 0 Å². The lowest BCUT2D eigenvalue weighted by Gasteiger charge is -2.09. The Morgan fingerprint density at radius 1 is 1.14 bits per heavy atom. The number of carbonyl (C=O) groups excluding carboxylic acids is 2. The van der Waals surface area contributed by atoms with Gasteiger partial charge >= 0.3 is 0 Å². The van der Waals surface area contributed by atoms with E-state index in [0.29, 0.717) is 0 Å². The number of aryl methyl sites for hydroxylation is 2. The predicted molar refractivity (Wildman–Crippen MR) is 78.7 cm³/mol. The van der Waals surface area contributed by atoms with Gasteiger partial charge in [0.15, 0.2) is 0 Å². The second-order valence-electron chi connectivity index (χ2n) is 4.85. The van der Waals surface area contributed by atoms with Gasteiger partial charge in [-0.1, -0.05) is 6.07 Å². The average Bonchev–Trinajstić information content (AvgIpc) is 2.77. The number of rotatable bonds is 4. The van der Waals surface area contributed by atoms with Crippen LogP contribution in [0.15, 0.2) is 35.3 Å². The number of carbonyl (C=O) groups is 2. The standard InChI is InChI=1S/C14H17N5O3/c1-10-7-11(2)19(17-10)9-13(21)16-15-12(20)8-18-6-4-3-5-14(18)22/h3-7H,8-9H2,1-2H3,(H,15,20)(H,16,21). The zero-order valence-corrected chi connectivity index (χ0v) is 12.4. The molecule has 0 atom stereocenters. The molecule has 0 bridgehead atoms. The molecule has 2 N–H and O–H groups in total. The van der Waals surface area contributed by atoms with Gasteiger partial charge in [-0.3, -0.25) is 29.9 Å². The van der Waals surface area contributed by atoms with E-state index in [1.165, 1.54) is 16.8 Å². The maximum absolute atomic E-state index is 11.7. The molecular formula is C14H17N5O3. The first-order chi connectivity index (χ1) is 10.5. The van der Waals surface area contributed by atoms with Gasteiger partial charge in [0.1, 0.15) is 13.1 Å². The Bertz CT molecular complexity index is 747. The Morgan fingerprint density at radius 3 is 2.41 bits per heavy atom. The molecule has 116 valence electrons. The summed E-state index contributed by atoms with van der Waals surface area (Å²) in [6.07, 6.45) is 1.50. The van der Waals surface area contributed by atoms with Gasteiger partial charge < -0.3 is 4.57 Å². The molecule has 2 rings (SSSR count). The van der Waals surface area contributed by atoms with Gasteiger partial charge in [0.2, 0.25) is 0 Å². The fourth-order valence-corrected chi connectivity index (χ4v) is 1.94. The van der Waals surface area contributed by atoms with Crippen molar-refractivity contribution in [3.63, 3.8) is 0 Å². The van der Waals surface area contributed by atoms with Crippen LogP contribution in [0.2, 0.25) is 0 Å². The van der Waals surface area contributed by atoms with E-state index < -0.39 is 11.8 Å². The first-order valence-electron chi connectivity index (χ1n) is 6.70. The molecule has 0 aliphatic rings. The summed E-state index contributed by atoms with van der Waals surface area (Å²) in [5.41, 5.74) is 5.95. The van der Waals surface area contributed by atoms with Gasteiger partial charge in [-0.15, -0.1) is 0 Å². The molecule has 8 heteroatoms. The van der Waals surface area contributed by atoms with Gasteiger partial charge in [-0.2, -0.15) is 5.10 Å². The fourth-order valence-electron chi connectivity index (χ4n) is 1.94. The largest absolute Gasteiger partial charge is 0.306 e. The molecule has 0 aliphatic heterocycles. The predicted octanol–water partition coefficient (Wildman–Crippen LogP) is -0.491. The topological polar surface area (TPSA) is 98.0 Å². The maximum Gasteiger partial charge on any atom is 0.260 e. The average molecular weight is 303 g/mol. The molecule has 2 aromatic heterocycles. The SMILES string of the molecule is Cc1cc(C)n(CC(=O)NNC(=O)Cn2ccccc2=O)n1. The number of nitrogens with zero attached hydrogens (tertiary/aromatic N) is 3. The molecule has 0 aromatic carbocycles. The third-order valence-corrected chi connectivity index (χ3v) is 2.95. The van der Waals surface area contributed by atoms with Crippen molar-refractivity contribution in [1.82, 2.24) is 25.2 Å². The Kier molecular flexibility index (Phi) is 4.72. The summed E-state index contributed by atoms with van der Waals surface area (Å²) in [5.74, 6) is -0.894. The molecule has 0 fully saturated rings. The van der Waals surface area contributed by atoms with Crippen molar-refractivity contribution in [2.24, 2.45) is 0 Å². The van der Waals surface area contributed by atoms with Gasteiger partial charge in [-0.05, 0) is 26.0 Å². The third-order valence-electron chi connectivity index (χ3n) is 2.95. The molecule has 0 radical (unpaired) electrons. The summed E-state index contributed by atoms with van der Waals surface area (Å²) in [6.45, 7) is 3.51. The van der Waals surface area contributed by atoms with Gasteiger partial charge in [-0.25, -0.2) is 0 Å². The molecular weight excluding hydrogens is 286 g/mol. The fraction of sp³-hybridized carbons (Fsp3) is 0.286. The van der Waals surface area contributed by atoms with E-state index in [2.05, 4.69) is 16.0 Å². The summed E-state index contributed by atoms with van der Waals surface area (Å²) < 4.78 is 2.78. The van der Waals surface area contributed by atoms with Crippen molar-refractivity contribution in [1.29, 1.82) is 0 Å². The highest BCUT2D eigenvalue weighted by molar-refractivity contribution is 5.81. The Morgan fingerprint density at radius 2 is 1.82 bits per heavy atom. The Balaban J connectivity index is 1.83. The number of hydrogen-bond donors (Lipinski definition) is 2. The van der Waals surface area contributed by atoms with Crippen molar-refractivity contribution < 1.29 is 9.59 Å². The van der Waals surface area contributed by atoms with E-state index in [1.54, 1.807) is 16.8 Å². The summed E-state index contributed by atoms with van der Waals surface area (Å²) >= 11 is 0.